The molecule has 3 heteroatoms. The van der Waals surface area contributed by atoms with Crippen LogP contribution in [0.3, 0.4) is 0 Å². The molecule has 0 unspecified atom stereocenters. The van der Waals surface area contributed by atoms with Crippen LogP contribution >= 0.6 is 0 Å². The molecule has 3 aromatic heterocycles. The smallest absolute Gasteiger partial charge is 0.137 e. The Bertz CT molecular complexity index is 3910. The van der Waals surface area contributed by atoms with Crippen molar-refractivity contribution < 1.29 is 14.0 Å². The molecule has 0 aliphatic rings. The van der Waals surface area contributed by atoms with Gasteiger partial charge < -0.3 is 13.6 Å². The largest absolute Gasteiger partial charge is 0.456 e. The number of rotatable bonds is 5. The molecule has 0 bridgehead atoms. The summed E-state index contributed by atoms with van der Waals surface area (Å²) in [5, 5.41) is 4.23. The Kier molecular flexibility index (Phi) is 5.56. The average Bonchev–Trinajstić information content (AvgIpc) is 4.01. The highest BCUT2D eigenvalue weighted by Crippen LogP contribution is 2.42. The van der Waals surface area contributed by atoms with Gasteiger partial charge in [0.15, 0.2) is 0 Å². The summed E-state index contributed by atoms with van der Waals surface area (Å²) < 4.78 is 75.1. The van der Waals surface area contributed by atoms with Crippen molar-refractivity contribution in [1.82, 2.24) is 9.13 Å². The van der Waals surface area contributed by atoms with Gasteiger partial charge in [0, 0.05) is 55.3 Å². The van der Waals surface area contributed by atoms with Gasteiger partial charge in [0.1, 0.15) is 11.2 Å². The molecule has 12 aromatic rings. The molecule has 57 heavy (non-hydrogen) atoms. The summed E-state index contributed by atoms with van der Waals surface area (Å²) in [4.78, 5) is 0. The molecular formula is C54H34N2O. The highest BCUT2D eigenvalue weighted by molar-refractivity contribution is 6.16. The van der Waals surface area contributed by atoms with Crippen molar-refractivity contribution >= 4 is 65.6 Å². The number of benzene rings is 9. The van der Waals surface area contributed by atoms with Crippen LogP contribution in [0.1, 0.15) is 9.60 Å². The van der Waals surface area contributed by atoms with Gasteiger partial charge in [-0.2, -0.15) is 0 Å². The maximum atomic E-state index is 9.91. The Morgan fingerprint density at radius 2 is 1.05 bits per heavy atom. The molecule has 0 amide bonds. The summed E-state index contributed by atoms with van der Waals surface area (Å²) in [5.41, 5.74) is 10.0. The van der Waals surface area contributed by atoms with Crippen LogP contribution in [0.4, 0.5) is 0 Å². The quantitative estimate of drug-likeness (QED) is 0.173. The molecule has 12 rings (SSSR count). The molecular weight excluding hydrogens is 693 g/mol. The van der Waals surface area contributed by atoms with Gasteiger partial charge in [-0.1, -0.05) is 139 Å². The summed E-state index contributed by atoms with van der Waals surface area (Å²) in [6.45, 7) is 0. The number of para-hydroxylation sites is 3. The lowest BCUT2D eigenvalue weighted by molar-refractivity contribution is 0.668. The van der Waals surface area contributed by atoms with Gasteiger partial charge in [0.25, 0.3) is 0 Å². The van der Waals surface area contributed by atoms with Crippen LogP contribution in [0.5, 0.6) is 0 Å². The molecule has 3 nitrogen and oxygen atoms in total. The second-order valence-electron chi connectivity index (χ2n) is 14.4. The monoisotopic (exact) mass is 733 g/mol. The van der Waals surface area contributed by atoms with Gasteiger partial charge in [-0.05, 0) is 88.4 Å². The zero-order valence-electron chi connectivity index (χ0n) is 37.4. The van der Waals surface area contributed by atoms with Crippen LogP contribution in [-0.2, 0) is 0 Å². The first-order valence-electron chi connectivity index (χ1n) is 22.4. The predicted molar refractivity (Wildman–Crippen MR) is 239 cm³/mol. The summed E-state index contributed by atoms with van der Waals surface area (Å²) in [6, 6.07) is 52.2. The second-order valence-corrected chi connectivity index (χ2v) is 14.4. The van der Waals surface area contributed by atoms with Gasteiger partial charge in [-0.25, -0.2) is 0 Å². The molecule has 0 radical (unpaired) electrons. The summed E-state index contributed by atoms with van der Waals surface area (Å²) in [6.07, 6.45) is 0. The minimum atomic E-state index is -0.428. The first-order chi connectivity index (χ1) is 31.2. The fourth-order valence-corrected chi connectivity index (χ4v) is 8.55. The first kappa shape index (κ1) is 25.5. The normalized spacial score (nSPS) is 13.6. The second kappa shape index (κ2) is 12.5. The van der Waals surface area contributed by atoms with E-state index in [0.717, 1.165) is 71.7 Å². The van der Waals surface area contributed by atoms with Gasteiger partial charge in [0.2, 0.25) is 0 Å². The molecule has 0 N–H and O–H groups in total. The Morgan fingerprint density at radius 1 is 0.368 bits per heavy atom. The summed E-state index contributed by atoms with van der Waals surface area (Å²) in [7, 11) is 0. The van der Waals surface area contributed by atoms with Gasteiger partial charge in [0.05, 0.1) is 31.7 Å². The van der Waals surface area contributed by atoms with Crippen LogP contribution in [0, 0.1) is 0 Å². The first-order valence-corrected chi connectivity index (χ1v) is 18.9. The number of aromatic nitrogens is 2. The van der Waals surface area contributed by atoms with Crippen molar-refractivity contribution in [1.29, 1.82) is 0 Å². The third-order valence-corrected chi connectivity index (χ3v) is 11.2. The Balaban J connectivity index is 1.13. The Hall–Kier alpha value is -7.62. The van der Waals surface area contributed by atoms with Crippen LogP contribution in [0.2, 0.25) is 0 Å². The Labute approximate surface area is 338 Å². The molecule has 0 saturated carbocycles. The van der Waals surface area contributed by atoms with E-state index in [1.165, 1.54) is 0 Å². The molecule has 0 atom stereocenters. The molecule has 0 aliphatic carbocycles. The summed E-state index contributed by atoms with van der Waals surface area (Å²) in [5.74, 6) is 0. The number of hydrogen-bond donors (Lipinski definition) is 0. The third kappa shape index (κ3) is 4.92. The van der Waals surface area contributed by atoms with E-state index in [-0.39, 0.29) is 57.6 Å². The van der Waals surface area contributed by atoms with Crippen LogP contribution < -0.4 is 0 Å². The van der Waals surface area contributed by atoms with E-state index in [4.69, 9.17) is 8.53 Å². The van der Waals surface area contributed by atoms with Crippen molar-refractivity contribution in [3.63, 3.8) is 0 Å². The maximum Gasteiger partial charge on any atom is 0.137 e. The zero-order chi connectivity index (χ0) is 43.5. The van der Waals surface area contributed by atoms with Gasteiger partial charge in [-0.15, -0.1) is 0 Å². The maximum absolute atomic E-state index is 9.91. The number of hydrogen-bond acceptors (Lipinski definition) is 1. The lowest BCUT2D eigenvalue weighted by Crippen LogP contribution is -1.95. The van der Waals surface area contributed by atoms with E-state index in [9.17, 15) is 5.48 Å². The SMILES string of the molecule is [2H]c1c([2H])c([2H])c2c(c1[2H])c1c([2H])c(-c3ccc4c(c3)c3cccc(-c5ccccc5)c3n4-c3ccc4c(c3)oc3ccccc34)c([2H])c([2H])c1n2-c1ccc(-c2ccccc2)cc1. The average molecular weight is 734 g/mol. The molecule has 0 fully saturated rings. The number of nitrogens with zero attached hydrogens (tertiary/aromatic N) is 2. The molecule has 0 spiro atoms. The van der Waals surface area contributed by atoms with E-state index in [2.05, 4.69) is 53.1 Å². The van der Waals surface area contributed by atoms with Gasteiger partial charge >= 0.3 is 0 Å². The van der Waals surface area contributed by atoms with Crippen LogP contribution in [0.25, 0.3) is 110 Å². The van der Waals surface area contributed by atoms with Crippen molar-refractivity contribution in [2.24, 2.45) is 0 Å². The highest BCUT2D eigenvalue weighted by atomic mass is 16.3. The number of fused-ring (bicyclic) bond motifs is 9. The topological polar surface area (TPSA) is 23.0 Å². The molecule has 0 aliphatic heterocycles. The van der Waals surface area contributed by atoms with E-state index in [1.54, 1.807) is 4.57 Å². The van der Waals surface area contributed by atoms with Crippen LogP contribution in [0.15, 0.2) is 211 Å². The molecule has 9 aromatic carbocycles. The van der Waals surface area contributed by atoms with Crippen molar-refractivity contribution in [2.75, 3.05) is 0 Å². The van der Waals surface area contributed by atoms with Crippen molar-refractivity contribution in [3.8, 4) is 44.8 Å². The fourth-order valence-electron chi connectivity index (χ4n) is 8.55. The molecule has 3 heterocycles. The van der Waals surface area contributed by atoms with Gasteiger partial charge in [-0.3, -0.25) is 0 Å². The fraction of sp³-hybridized carbons (Fsp3) is 0. The standard InChI is InChI=1S/C54H34N2O/c1-3-12-35(13-4-1)36-22-26-40(27-23-36)55-49-20-9-7-16-43(49)47-32-38(24-30-50(47)55)39-25-31-51-48(33-39)46-19-11-18-42(37-14-5-2-6-15-37)54(46)56(51)41-28-29-45-44-17-8-10-21-52(44)57-53(45)34-41/h1-34H/i7D,9D,16D,20D,24D,30D,32D. The van der Waals surface area contributed by atoms with Crippen molar-refractivity contribution in [2.45, 2.75) is 0 Å². The van der Waals surface area contributed by atoms with E-state index < -0.39 is 12.1 Å². The number of furan rings is 1. The minimum absolute atomic E-state index is 0.0888. The molecule has 266 valence electrons. The lowest BCUT2D eigenvalue weighted by atomic mass is 9.99. The summed E-state index contributed by atoms with van der Waals surface area (Å²) >= 11 is 0. The minimum Gasteiger partial charge on any atom is -0.456 e. The predicted octanol–water partition coefficient (Wildman–Crippen LogP) is 14.8. The lowest BCUT2D eigenvalue weighted by Gasteiger charge is -2.12. The van der Waals surface area contributed by atoms with E-state index >= 15 is 0 Å². The Morgan fingerprint density at radius 3 is 1.91 bits per heavy atom. The molecule has 0 saturated heterocycles. The van der Waals surface area contributed by atoms with E-state index in [0.29, 0.717) is 11.3 Å². The zero-order valence-corrected chi connectivity index (χ0v) is 30.4. The van der Waals surface area contributed by atoms with Crippen molar-refractivity contribution in [3.05, 3.63) is 206 Å². The van der Waals surface area contributed by atoms with Crippen LogP contribution in [-0.4, -0.2) is 9.13 Å². The van der Waals surface area contributed by atoms with E-state index in [1.807, 2.05) is 115 Å². The highest BCUT2D eigenvalue weighted by Gasteiger charge is 2.19. The third-order valence-electron chi connectivity index (χ3n) is 11.2.